The second-order valence-corrected chi connectivity index (χ2v) is 14.8. The first-order valence-corrected chi connectivity index (χ1v) is 17.6. The lowest BCUT2D eigenvalue weighted by atomic mass is 9.94. The average molecular weight is 650 g/mol. The van der Waals surface area contributed by atoms with Crippen molar-refractivity contribution in [2.75, 3.05) is 26.2 Å². The van der Waals surface area contributed by atoms with E-state index >= 15 is 0 Å². The lowest BCUT2D eigenvalue weighted by Crippen LogP contribution is -2.53. The van der Waals surface area contributed by atoms with Crippen LogP contribution in [0.1, 0.15) is 82.6 Å². The number of likely N-dealkylation sites (tertiary alicyclic amines) is 2. The van der Waals surface area contributed by atoms with E-state index in [0.717, 1.165) is 34.7 Å². The summed E-state index contributed by atoms with van der Waals surface area (Å²) < 4.78 is 7.99. The Morgan fingerprint density at radius 1 is 0.833 bits per heavy atom. The minimum Gasteiger partial charge on any atom is -0.444 e. The molecule has 2 aliphatic heterocycles. The van der Waals surface area contributed by atoms with Crippen LogP contribution in [-0.4, -0.2) is 75.1 Å². The van der Waals surface area contributed by atoms with Crippen molar-refractivity contribution in [2.24, 2.45) is 5.92 Å². The second-order valence-electron chi connectivity index (χ2n) is 14.8. The van der Waals surface area contributed by atoms with Crippen LogP contribution < -0.4 is 5.32 Å². The number of aromatic nitrogens is 2. The number of imidazole rings is 1. The number of ether oxygens (including phenoxy) is 1. The molecule has 1 aliphatic carbocycles. The maximum absolute atomic E-state index is 14.3. The molecular weight excluding hydrogens is 602 g/mol. The number of hydrogen-bond donors (Lipinski definition) is 1. The number of para-hydroxylation sites is 2. The highest BCUT2D eigenvalue weighted by Gasteiger charge is 2.36. The number of piperidine rings is 2. The number of nitrogens with zero attached hydrogens (tertiary/aromatic N) is 4. The molecule has 4 aromatic rings. The van der Waals surface area contributed by atoms with Crippen LogP contribution in [0.3, 0.4) is 0 Å². The zero-order valence-corrected chi connectivity index (χ0v) is 28.4. The number of hydrogen-bond acceptors (Lipinski definition) is 5. The van der Waals surface area contributed by atoms with Crippen LogP contribution in [0.2, 0.25) is 0 Å². The van der Waals surface area contributed by atoms with Gasteiger partial charge in [0, 0.05) is 50.5 Å². The highest BCUT2D eigenvalue weighted by molar-refractivity contribution is 5.89. The predicted molar refractivity (Wildman–Crippen MR) is 187 cm³/mol. The van der Waals surface area contributed by atoms with E-state index in [-0.39, 0.29) is 23.8 Å². The third kappa shape index (κ3) is 7.05. The highest BCUT2D eigenvalue weighted by atomic mass is 16.6. The minimum absolute atomic E-state index is 0.0287. The van der Waals surface area contributed by atoms with Gasteiger partial charge in [0.2, 0.25) is 11.8 Å². The van der Waals surface area contributed by atoms with Crippen LogP contribution in [0.5, 0.6) is 0 Å². The molecule has 1 aromatic heterocycles. The van der Waals surface area contributed by atoms with Crippen molar-refractivity contribution >= 4 is 39.7 Å². The van der Waals surface area contributed by atoms with Crippen LogP contribution in [0, 0.1) is 5.92 Å². The molecule has 1 atom stereocenters. The molecule has 1 unspecified atom stereocenters. The first-order chi connectivity index (χ1) is 23.1. The summed E-state index contributed by atoms with van der Waals surface area (Å²) in [5.74, 6) is 1.32. The molecule has 9 heteroatoms. The van der Waals surface area contributed by atoms with Gasteiger partial charge in [0.05, 0.1) is 11.0 Å². The molecule has 0 radical (unpaired) electrons. The van der Waals surface area contributed by atoms with Crippen LogP contribution in [0.25, 0.3) is 21.8 Å². The van der Waals surface area contributed by atoms with Gasteiger partial charge in [-0.1, -0.05) is 54.6 Å². The molecule has 3 amide bonds. The van der Waals surface area contributed by atoms with Gasteiger partial charge < -0.3 is 24.4 Å². The number of amides is 3. The quantitative estimate of drug-likeness (QED) is 0.243. The summed E-state index contributed by atoms with van der Waals surface area (Å²) in [5, 5.41) is 5.43. The van der Waals surface area contributed by atoms with Gasteiger partial charge >= 0.3 is 6.09 Å². The maximum atomic E-state index is 14.3. The molecule has 2 saturated heterocycles. The van der Waals surface area contributed by atoms with Gasteiger partial charge in [-0.15, -0.1) is 0 Å². The normalized spacial score (nSPS) is 18.6. The Morgan fingerprint density at radius 3 is 2.21 bits per heavy atom. The van der Waals surface area contributed by atoms with E-state index in [1.54, 1.807) is 4.90 Å². The summed E-state index contributed by atoms with van der Waals surface area (Å²) in [5.41, 5.74) is 2.68. The summed E-state index contributed by atoms with van der Waals surface area (Å²) in [6.07, 6.45) is 5.24. The fourth-order valence-electron chi connectivity index (χ4n) is 7.38. The van der Waals surface area contributed by atoms with E-state index in [2.05, 4.69) is 58.4 Å². The van der Waals surface area contributed by atoms with Crippen molar-refractivity contribution in [2.45, 2.75) is 89.3 Å². The minimum atomic E-state index is -0.671. The number of rotatable bonds is 7. The Balaban J connectivity index is 1.05. The molecule has 9 nitrogen and oxygen atoms in total. The van der Waals surface area contributed by atoms with Gasteiger partial charge in [-0.05, 0) is 87.8 Å². The number of carbonyl (C=O) groups excluding carboxylic acids is 3. The van der Waals surface area contributed by atoms with E-state index in [0.29, 0.717) is 57.4 Å². The molecule has 7 rings (SSSR count). The first-order valence-electron chi connectivity index (χ1n) is 17.6. The van der Waals surface area contributed by atoms with Crippen molar-refractivity contribution in [1.82, 2.24) is 24.7 Å². The standard InChI is InChI=1S/C39H47N5O4/c1-39(2,3)48-38(47)43-20-16-29(17-21-43)36(45)41-33(25-26-12-13-27-8-4-5-9-30(27)24-26)37(46)42-22-18-31(19-23-42)44-34-11-7-6-10-32(34)40-35(44)28-14-15-28/h4-13,24,28-29,31,33H,14-23,25H2,1-3H3,(H,41,45). The monoisotopic (exact) mass is 649 g/mol. The third-order valence-electron chi connectivity index (χ3n) is 10.1. The molecule has 48 heavy (non-hydrogen) atoms. The van der Waals surface area contributed by atoms with Crippen molar-refractivity contribution in [1.29, 1.82) is 0 Å². The second kappa shape index (κ2) is 13.2. The molecule has 3 aliphatic rings. The Hall–Kier alpha value is -4.40. The smallest absolute Gasteiger partial charge is 0.410 e. The third-order valence-corrected chi connectivity index (χ3v) is 10.1. The lowest BCUT2D eigenvalue weighted by Gasteiger charge is -2.36. The molecule has 3 aromatic carbocycles. The van der Waals surface area contributed by atoms with Gasteiger partial charge in [-0.25, -0.2) is 9.78 Å². The van der Waals surface area contributed by atoms with Gasteiger partial charge in [-0.3, -0.25) is 9.59 Å². The summed E-state index contributed by atoms with van der Waals surface area (Å²) in [6, 6.07) is 22.5. The predicted octanol–water partition coefficient (Wildman–Crippen LogP) is 6.61. The maximum Gasteiger partial charge on any atom is 0.410 e. The van der Waals surface area contributed by atoms with Crippen molar-refractivity contribution < 1.29 is 19.1 Å². The van der Waals surface area contributed by atoms with Crippen LogP contribution in [0.4, 0.5) is 4.79 Å². The molecule has 252 valence electrons. The van der Waals surface area contributed by atoms with E-state index in [4.69, 9.17) is 9.72 Å². The Bertz CT molecular complexity index is 1810. The molecule has 3 fully saturated rings. The molecule has 0 spiro atoms. The molecule has 0 bridgehead atoms. The summed E-state index contributed by atoms with van der Waals surface area (Å²) >= 11 is 0. The van der Waals surface area contributed by atoms with E-state index in [9.17, 15) is 14.4 Å². The number of fused-ring (bicyclic) bond motifs is 2. The van der Waals surface area contributed by atoms with Crippen LogP contribution in [-0.2, 0) is 20.7 Å². The fraction of sp³-hybridized carbons (Fsp3) is 0.487. The van der Waals surface area contributed by atoms with Crippen LogP contribution in [0.15, 0.2) is 66.7 Å². The van der Waals surface area contributed by atoms with Crippen molar-refractivity contribution in [3.05, 3.63) is 78.1 Å². The number of carbonyl (C=O) groups is 3. The van der Waals surface area contributed by atoms with Gasteiger partial charge in [0.15, 0.2) is 0 Å². The highest BCUT2D eigenvalue weighted by Crippen LogP contribution is 2.43. The average Bonchev–Trinajstić information content (AvgIpc) is 3.86. The fourth-order valence-corrected chi connectivity index (χ4v) is 7.38. The molecule has 3 heterocycles. The molecule has 1 saturated carbocycles. The zero-order valence-electron chi connectivity index (χ0n) is 28.4. The Morgan fingerprint density at radius 2 is 1.50 bits per heavy atom. The van der Waals surface area contributed by atoms with E-state index in [1.165, 1.54) is 24.2 Å². The first kappa shape index (κ1) is 32.2. The van der Waals surface area contributed by atoms with Crippen LogP contribution >= 0.6 is 0 Å². The molecular formula is C39H47N5O4. The van der Waals surface area contributed by atoms with Gasteiger partial charge in [0.25, 0.3) is 0 Å². The number of nitrogens with one attached hydrogen (secondary N) is 1. The summed E-state index contributed by atoms with van der Waals surface area (Å²) in [4.78, 5) is 49.2. The summed E-state index contributed by atoms with van der Waals surface area (Å²) in [7, 11) is 0. The topological polar surface area (TPSA) is 96.8 Å². The summed E-state index contributed by atoms with van der Waals surface area (Å²) in [6.45, 7) is 7.74. The Kier molecular flexibility index (Phi) is 8.88. The van der Waals surface area contributed by atoms with E-state index in [1.807, 2.05) is 43.9 Å². The van der Waals surface area contributed by atoms with Gasteiger partial charge in [0.1, 0.15) is 17.5 Å². The van der Waals surface area contributed by atoms with Crippen molar-refractivity contribution in [3.8, 4) is 0 Å². The lowest BCUT2D eigenvalue weighted by molar-refractivity contribution is -0.138. The van der Waals surface area contributed by atoms with E-state index < -0.39 is 11.6 Å². The largest absolute Gasteiger partial charge is 0.444 e. The number of benzene rings is 3. The molecule has 1 N–H and O–H groups in total. The zero-order chi connectivity index (χ0) is 33.4. The van der Waals surface area contributed by atoms with Crippen molar-refractivity contribution in [3.63, 3.8) is 0 Å². The Labute approximate surface area is 282 Å². The SMILES string of the molecule is CC(C)(C)OC(=O)N1CCC(C(=O)NC(Cc2ccc3ccccc3c2)C(=O)N2CCC(n3c(C4CC4)nc4ccccc43)CC2)CC1. The van der Waals surface area contributed by atoms with Gasteiger partial charge in [-0.2, -0.15) is 0 Å².